The van der Waals surface area contributed by atoms with E-state index in [1.54, 1.807) is 12.0 Å². The molecule has 0 aliphatic carbocycles. The Balaban J connectivity index is 2.34. The lowest BCUT2D eigenvalue weighted by molar-refractivity contribution is -0.126. The van der Waals surface area contributed by atoms with Gasteiger partial charge in [-0.1, -0.05) is 13.3 Å². The lowest BCUT2D eigenvalue weighted by atomic mass is 10.00. The van der Waals surface area contributed by atoms with Gasteiger partial charge in [0.05, 0.1) is 6.61 Å². The van der Waals surface area contributed by atoms with Gasteiger partial charge >= 0.3 is 6.09 Å². The van der Waals surface area contributed by atoms with E-state index in [0.717, 1.165) is 25.7 Å². The third-order valence-corrected chi connectivity index (χ3v) is 3.47. The van der Waals surface area contributed by atoms with Crippen molar-refractivity contribution in [3.8, 4) is 0 Å². The van der Waals surface area contributed by atoms with Crippen LogP contribution in [0, 0.1) is 5.92 Å². The Morgan fingerprint density at radius 3 is 2.80 bits per heavy atom. The van der Waals surface area contributed by atoms with Crippen molar-refractivity contribution in [1.82, 2.24) is 10.2 Å². The minimum atomic E-state index is -0.253. The van der Waals surface area contributed by atoms with Crippen molar-refractivity contribution >= 4 is 12.0 Å². The molecule has 0 spiro atoms. The molecule has 20 heavy (non-hydrogen) atoms. The summed E-state index contributed by atoms with van der Waals surface area (Å²) in [5.41, 5.74) is 0. The zero-order valence-corrected chi connectivity index (χ0v) is 12.5. The summed E-state index contributed by atoms with van der Waals surface area (Å²) in [5.74, 6) is -0.0355. The van der Waals surface area contributed by atoms with Crippen LogP contribution >= 0.6 is 0 Å². The molecule has 1 fully saturated rings. The number of likely N-dealkylation sites (tertiary alicyclic amines) is 1. The number of amides is 2. The highest BCUT2D eigenvalue weighted by Gasteiger charge is 2.25. The van der Waals surface area contributed by atoms with E-state index in [2.05, 4.69) is 12.2 Å². The molecule has 6 heteroatoms. The van der Waals surface area contributed by atoms with Crippen LogP contribution in [0.5, 0.6) is 0 Å². The van der Waals surface area contributed by atoms with Gasteiger partial charge in [0, 0.05) is 26.1 Å². The van der Waals surface area contributed by atoms with Gasteiger partial charge in [-0.15, -0.1) is 0 Å². The SMILES string of the molecule is CCCCOC(=O)N1CCCC(C(=O)NCOC)CC1. The largest absolute Gasteiger partial charge is 0.449 e. The number of ether oxygens (including phenoxy) is 2. The van der Waals surface area contributed by atoms with Gasteiger partial charge in [-0.3, -0.25) is 4.79 Å². The fourth-order valence-corrected chi connectivity index (χ4v) is 2.22. The van der Waals surface area contributed by atoms with Gasteiger partial charge in [-0.05, 0) is 25.7 Å². The molecule has 1 atom stereocenters. The molecule has 0 saturated carbocycles. The van der Waals surface area contributed by atoms with Crippen molar-refractivity contribution in [3.63, 3.8) is 0 Å². The molecule has 0 aromatic heterocycles. The molecule has 1 aliphatic heterocycles. The van der Waals surface area contributed by atoms with Crippen LogP contribution in [0.3, 0.4) is 0 Å². The van der Waals surface area contributed by atoms with E-state index in [0.29, 0.717) is 26.1 Å². The maximum atomic E-state index is 11.9. The van der Waals surface area contributed by atoms with Gasteiger partial charge in [0.1, 0.15) is 6.73 Å². The van der Waals surface area contributed by atoms with Crippen molar-refractivity contribution < 1.29 is 19.1 Å². The van der Waals surface area contributed by atoms with Crippen molar-refractivity contribution in [3.05, 3.63) is 0 Å². The number of hydrogen-bond acceptors (Lipinski definition) is 4. The zero-order chi connectivity index (χ0) is 14.8. The minimum absolute atomic E-state index is 0.00745. The predicted molar refractivity (Wildman–Crippen MR) is 75.2 cm³/mol. The Bertz CT molecular complexity index is 310. The normalized spacial score (nSPS) is 19.3. The second kappa shape index (κ2) is 9.58. The quantitative estimate of drug-likeness (QED) is 0.596. The van der Waals surface area contributed by atoms with E-state index in [4.69, 9.17) is 9.47 Å². The van der Waals surface area contributed by atoms with Crippen LogP contribution in [-0.2, 0) is 14.3 Å². The number of nitrogens with zero attached hydrogens (tertiary/aromatic N) is 1. The Kier molecular flexibility index (Phi) is 8.02. The summed E-state index contributed by atoms with van der Waals surface area (Å²) in [5, 5.41) is 2.72. The van der Waals surface area contributed by atoms with E-state index in [-0.39, 0.29) is 24.6 Å². The first-order valence-electron chi connectivity index (χ1n) is 7.37. The van der Waals surface area contributed by atoms with Gasteiger partial charge in [0.25, 0.3) is 0 Å². The summed E-state index contributed by atoms with van der Waals surface area (Å²) in [6.45, 7) is 4.01. The summed E-state index contributed by atoms with van der Waals surface area (Å²) >= 11 is 0. The first-order chi connectivity index (χ1) is 9.69. The maximum absolute atomic E-state index is 11.9. The maximum Gasteiger partial charge on any atom is 0.409 e. The average Bonchev–Trinajstić information content (AvgIpc) is 2.71. The Labute approximate surface area is 120 Å². The Hall–Kier alpha value is -1.30. The molecule has 0 aromatic rings. The highest BCUT2D eigenvalue weighted by Crippen LogP contribution is 2.18. The van der Waals surface area contributed by atoms with E-state index < -0.39 is 0 Å². The van der Waals surface area contributed by atoms with E-state index in [9.17, 15) is 9.59 Å². The second-order valence-corrected chi connectivity index (χ2v) is 5.06. The van der Waals surface area contributed by atoms with Crippen LogP contribution in [-0.4, -0.2) is 50.4 Å². The molecule has 2 amide bonds. The molecular formula is C14H26N2O4. The fourth-order valence-electron chi connectivity index (χ4n) is 2.22. The number of nitrogens with one attached hydrogen (secondary N) is 1. The van der Waals surface area contributed by atoms with Crippen LogP contribution < -0.4 is 5.32 Å². The van der Waals surface area contributed by atoms with Gasteiger partial charge in [0.2, 0.25) is 5.91 Å². The average molecular weight is 286 g/mol. The highest BCUT2D eigenvalue weighted by molar-refractivity contribution is 5.78. The van der Waals surface area contributed by atoms with Gasteiger partial charge in [0.15, 0.2) is 0 Å². The number of hydrogen-bond donors (Lipinski definition) is 1. The number of unbranched alkanes of at least 4 members (excludes halogenated alkanes) is 1. The third kappa shape index (κ3) is 5.77. The summed E-state index contributed by atoms with van der Waals surface area (Å²) in [6, 6.07) is 0. The van der Waals surface area contributed by atoms with E-state index >= 15 is 0 Å². The number of carbonyl (C=O) groups is 2. The van der Waals surface area contributed by atoms with Crippen LogP contribution in [0.2, 0.25) is 0 Å². The molecule has 1 saturated heterocycles. The zero-order valence-electron chi connectivity index (χ0n) is 12.5. The first kappa shape index (κ1) is 16.8. The number of methoxy groups -OCH3 is 1. The molecule has 6 nitrogen and oxygen atoms in total. The number of carbonyl (C=O) groups excluding carboxylic acids is 2. The molecular weight excluding hydrogens is 260 g/mol. The molecule has 0 aromatic carbocycles. The molecule has 0 bridgehead atoms. The van der Waals surface area contributed by atoms with Gasteiger partial charge < -0.3 is 19.7 Å². The van der Waals surface area contributed by atoms with Gasteiger partial charge in [-0.25, -0.2) is 4.79 Å². The molecule has 1 N–H and O–H groups in total. The van der Waals surface area contributed by atoms with E-state index in [1.165, 1.54) is 0 Å². The lowest BCUT2D eigenvalue weighted by Crippen LogP contribution is -2.34. The van der Waals surface area contributed by atoms with Crippen LogP contribution in [0.15, 0.2) is 0 Å². The minimum Gasteiger partial charge on any atom is -0.449 e. The van der Waals surface area contributed by atoms with Crippen molar-refractivity contribution in [1.29, 1.82) is 0 Å². The third-order valence-electron chi connectivity index (χ3n) is 3.47. The Morgan fingerprint density at radius 2 is 2.10 bits per heavy atom. The molecule has 1 unspecified atom stereocenters. The van der Waals surface area contributed by atoms with Crippen LogP contribution in [0.1, 0.15) is 39.0 Å². The molecule has 1 aliphatic rings. The molecule has 1 rings (SSSR count). The molecule has 0 radical (unpaired) electrons. The standard InChI is InChI=1S/C14H26N2O4/c1-3-4-10-20-14(18)16-8-5-6-12(7-9-16)13(17)15-11-19-2/h12H,3-11H2,1-2H3,(H,15,17). The fraction of sp³-hybridized carbons (Fsp3) is 0.857. The second-order valence-electron chi connectivity index (χ2n) is 5.06. The van der Waals surface area contributed by atoms with Crippen molar-refractivity contribution in [2.45, 2.75) is 39.0 Å². The number of rotatable bonds is 6. The summed E-state index contributed by atoms with van der Waals surface area (Å²) in [4.78, 5) is 25.4. The summed E-state index contributed by atoms with van der Waals surface area (Å²) in [7, 11) is 1.54. The summed E-state index contributed by atoms with van der Waals surface area (Å²) < 4.78 is 10.0. The summed E-state index contributed by atoms with van der Waals surface area (Å²) in [6.07, 6.45) is 3.95. The van der Waals surface area contributed by atoms with Gasteiger partial charge in [-0.2, -0.15) is 0 Å². The van der Waals surface area contributed by atoms with Crippen molar-refractivity contribution in [2.24, 2.45) is 5.92 Å². The first-order valence-corrected chi connectivity index (χ1v) is 7.37. The van der Waals surface area contributed by atoms with Crippen LogP contribution in [0.4, 0.5) is 4.79 Å². The Morgan fingerprint density at radius 1 is 1.30 bits per heavy atom. The molecule has 1 heterocycles. The van der Waals surface area contributed by atoms with E-state index in [1.807, 2.05) is 0 Å². The predicted octanol–water partition coefficient (Wildman–Crippen LogP) is 1.75. The lowest BCUT2D eigenvalue weighted by Gasteiger charge is -2.20. The monoisotopic (exact) mass is 286 g/mol. The molecule has 116 valence electrons. The smallest absolute Gasteiger partial charge is 0.409 e. The highest BCUT2D eigenvalue weighted by atomic mass is 16.6. The van der Waals surface area contributed by atoms with Crippen LogP contribution in [0.25, 0.3) is 0 Å². The topological polar surface area (TPSA) is 67.9 Å². The van der Waals surface area contributed by atoms with Crippen molar-refractivity contribution in [2.75, 3.05) is 33.5 Å².